The van der Waals surface area contributed by atoms with Crippen LogP contribution in [0.4, 0.5) is 0 Å². The SMILES string of the molecule is CCCCC/C=C\C/C=C\CCCCCCCC(=O)OCCS. The van der Waals surface area contributed by atoms with E-state index in [0.717, 1.165) is 19.3 Å². The lowest BCUT2D eigenvalue weighted by Crippen LogP contribution is -2.06. The predicted molar refractivity (Wildman–Crippen MR) is 104 cm³/mol. The largest absolute Gasteiger partial charge is 0.465 e. The van der Waals surface area contributed by atoms with Crippen LogP contribution in [0.25, 0.3) is 0 Å². The summed E-state index contributed by atoms with van der Waals surface area (Å²) < 4.78 is 4.98. The van der Waals surface area contributed by atoms with Gasteiger partial charge in [-0.05, 0) is 38.5 Å². The summed E-state index contributed by atoms with van der Waals surface area (Å²) in [6.45, 7) is 2.67. The van der Waals surface area contributed by atoms with Crippen molar-refractivity contribution in [1.29, 1.82) is 0 Å². The first-order valence-electron chi connectivity index (χ1n) is 9.37. The van der Waals surface area contributed by atoms with Gasteiger partial charge in [0.15, 0.2) is 0 Å². The molecule has 0 bridgehead atoms. The molecule has 134 valence electrons. The van der Waals surface area contributed by atoms with E-state index in [4.69, 9.17) is 4.74 Å². The average molecular weight is 341 g/mol. The highest BCUT2D eigenvalue weighted by molar-refractivity contribution is 7.80. The number of rotatable bonds is 16. The fraction of sp³-hybridized carbons (Fsp3) is 0.750. The molecule has 0 radical (unpaired) electrons. The number of thiol groups is 1. The molecular formula is C20H36O2S. The van der Waals surface area contributed by atoms with E-state index in [2.05, 4.69) is 43.9 Å². The molecule has 2 nitrogen and oxygen atoms in total. The monoisotopic (exact) mass is 340 g/mol. The maximum Gasteiger partial charge on any atom is 0.305 e. The highest BCUT2D eigenvalue weighted by atomic mass is 32.1. The van der Waals surface area contributed by atoms with E-state index in [9.17, 15) is 4.79 Å². The molecule has 0 aromatic carbocycles. The number of hydrogen-bond acceptors (Lipinski definition) is 3. The quantitative estimate of drug-likeness (QED) is 0.155. The Labute approximate surface area is 149 Å². The van der Waals surface area contributed by atoms with E-state index in [1.807, 2.05) is 0 Å². The number of unbranched alkanes of at least 4 members (excludes halogenated alkanes) is 8. The highest BCUT2D eigenvalue weighted by Gasteiger charge is 2.01. The van der Waals surface area contributed by atoms with Gasteiger partial charge in [0.2, 0.25) is 0 Å². The van der Waals surface area contributed by atoms with Crippen LogP contribution in [-0.4, -0.2) is 18.3 Å². The van der Waals surface area contributed by atoms with Crippen LogP contribution in [0.2, 0.25) is 0 Å². The number of ether oxygens (including phenoxy) is 1. The lowest BCUT2D eigenvalue weighted by molar-refractivity contribution is -0.143. The standard InChI is InChI=1S/C20H36O2S/c1-2-3-4-5-6-7-8-9-10-11-12-13-14-15-16-17-20(21)22-18-19-23/h6-7,9-10,23H,2-5,8,11-19H2,1H3/b7-6-,10-9-. The minimum Gasteiger partial charge on any atom is -0.465 e. The minimum atomic E-state index is -0.0790. The Morgan fingerprint density at radius 1 is 0.870 bits per heavy atom. The molecule has 0 aromatic heterocycles. The topological polar surface area (TPSA) is 26.3 Å². The van der Waals surface area contributed by atoms with Crippen LogP contribution in [-0.2, 0) is 9.53 Å². The normalized spacial score (nSPS) is 11.6. The van der Waals surface area contributed by atoms with Gasteiger partial charge in [0.25, 0.3) is 0 Å². The van der Waals surface area contributed by atoms with Gasteiger partial charge in [-0.15, -0.1) is 0 Å². The van der Waals surface area contributed by atoms with Crippen LogP contribution in [0, 0.1) is 0 Å². The molecule has 0 unspecified atom stereocenters. The minimum absolute atomic E-state index is 0.0790. The molecular weight excluding hydrogens is 304 g/mol. The van der Waals surface area contributed by atoms with Crippen molar-refractivity contribution in [3.63, 3.8) is 0 Å². The maximum atomic E-state index is 11.3. The molecule has 0 aliphatic rings. The molecule has 0 fully saturated rings. The molecule has 0 spiro atoms. The van der Waals surface area contributed by atoms with Gasteiger partial charge in [-0.3, -0.25) is 4.79 Å². The molecule has 0 aliphatic heterocycles. The van der Waals surface area contributed by atoms with Gasteiger partial charge < -0.3 is 4.74 Å². The van der Waals surface area contributed by atoms with Gasteiger partial charge in [0, 0.05) is 12.2 Å². The van der Waals surface area contributed by atoms with E-state index in [-0.39, 0.29) is 5.97 Å². The second-order valence-electron chi connectivity index (χ2n) is 5.92. The predicted octanol–water partition coefficient (Wildman–Crippen LogP) is 6.27. The first-order valence-corrected chi connectivity index (χ1v) is 10.0. The molecule has 0 atom stereocenters. The Bertz CT molecular complexity index is 311. The first-order chi connectivity index (χ1) is 11.3. The van der Waals surface area contributed by atoms with Crippen molar-refractivity contribution in [2.75, 3.05) is 12.4 Å². The van der Waals surface area contributed by atoms with Crippen LogP contribution in [0.1, 0.15) is 84.0 Å². The summed E-state index contributed by atoms with van der Waals surface area (Å²) in [4.78, 5) is 11.3. The van der Waals surface area contributed by atoms with Crippen molar-refractivity contribution in [1.82, 2.24) is 0 Å². The smallest absolute Gasteiger partial charge is 0.305 e. The lowest BCUT2D eigenvalue weighted by atomic mass is 10.1. The van der Waals surface area contributed by atoms with Crippen molar-refractivity contribution in [2.24, 2.45) is 0 Å². The Hall–Kier alpha value is -0.700. The van der Waals surface area contributed by atoms with Crippen LogP contribution < -0.4 is 0 Å². The Kier molecular flexibility index (Phi) is 18.8. The van der Waals surface area contributed by atoms with Gasteiger partial charge in [-0.25, -0.2) is 0 Å². The Morgan fingerprint density at radius 2 is 1.48 bits per heavy atom. The third-order valence-electron chi connectivity index (χ3n) is 3.69. The molecule has 0 rings (SSSR count). The number of carbonyl (C=O) groups is 1. The lowest BCUT2D eigenvalue weighted by Gasteiger charge is -2.02. The second kappa shape index (κ2) is 19.3. The molecule has 0 aliphatic carbocycles. The summed E-state index contributed by atoms with van der Waals surface area (Å²) in [6.07, 6.45) is 22.9. The van der Waals surface area contributed by atoms with Crippen molar-refractivity contribution in [3.8, 4) is 0 Å². The first kappa shape index (κ1) is 22.3. The summed E-state index contributed by atoms with van der Waals surface area (Å²) in [5, 5.41) is 0. The number of esters is 1. The molecule has 0 saturated heterocycles. The highest BCUT2D eigenvalue weighted by Crippen LogP contribution is 2.08. The van der Waals surface area contributed by atoms with Gasteiger partial charge >= 0.3 is 5.97 Å². The molecule has 0 aromatic rings. The third-order valence-corrected chi connectivity index (χ3v) is 3.87. The summed E-state index contributed by atoms with van der Waals surface area (Å²) >= 11 is 4.01. The van der Waals surface area contributed by atoms with E-state index < -0.39 is 0 Å². The van der Waals surface area contributed by atoms with Crippen molar-refractivity contribution < 1.29 is 9.53 Å². The molecule has 0 amide bonds. The zero-order valence-corrected chi connectivity index (χ0v) is 15.9. The Morgan fingerprint density at radius 3 is 2.13 bits per heavy atom. The second-order valence-corrected chi connectivity index (χ2v) is 6.37. The van der Waals surface area contributed by atoms with Crippen molar-refractivity contribution >= 4 is 18.6 Å². The molecule has 23 heavy (non-hydrogen) atoms. The van der Waals surface area contributed by atoms with Crippen molar-refractivity contribution in [3.05, 3.63) is 24.3 Å². The van der Waals surface area contributed by atoms with Gasteiger partial charge in [-0.2, -0.15) is 12.6 Å². The number of carbonyl (C=O) groups excluding carboxylic acids is 1. The zero-order chi connectivity index (χ0) is 17.0. The summed E-state index contributed by atoms with van der Waals surface area (Å²) in [5.74, 6) is 0.526. The average Bonchev–Trinajstić information content (AvgIpc) is 2.56. The van der Waals surface area contributed by atoms with E-state index in [0.29, 0.717) is 18.8 Å². The number of hydrogen-bond donors (Lipinski definition) is 1. The van der Waals surface area contributed by atoms with Gasteiger partial charge in [0.05, 0.1) is 0 Å². The molecule has 3 heteroatoms. The van der Waals surface area contributed by atoms with Crippen LogP contribution in [0.5, 0.6) is 0 Å². The molecule has 0 N–H and O–H groups in total. The van der Waals surface area contributed by atoms with E-state index in [1.54, 1.807) is 0 Å². The van der Waals surface area contributed by atoms with Gasteiger partial charge in [0.1, 0.15) is 6.61 Å². The van der Waals surface area contributed by atoms with Gasteiger partial charge in [-0.1, -0.05) is 63.3 Å². The van der Waals surface area contributed by atoms with Crippen LogP contribution in [0.3, 0.4) is 0 Å². The molecule has 0 saturated carbocycles. The maximum absolute atomic E-state index is 11.3. The van der Waals surface area contributed by atoms with Crippen LogP contribution in [0.15, 0.2) is 24.3 Å². The summed E-state index contributed by atoms with van der Waals surface area (Å²) in [7, 11) is 0. The summed E-state index contributed by atoms with van der Waals surface area (Å²) in [5.41, 5.74) is 0. The van der Waals surface area contributed by atoms with E-state index >= 15 is 0 Å². The van der Waals surface area contributed by atoms with Crippen molar-refractivity contribution in [2.45, 2.75) is 84.0 Å². The fourth-order valence-electron chi connectivity index (χ4n) is 2.31. The Balaban J connectivity index is 3.23. The zero-order valence-electron chi connectivity index (χ0n) is 15.0. The number of allylic oxidation sites excluding steroid dienone is 4. The third kappa shape index (κ3) is 19.3. The molecule has 0 heterocycles. The van der Waals surface area contributed by atoms with Crippen LogP contribution >= 0.6 is 12.6 Å². The fourth-order valence-corrected chi connectivity index (χ4v) is 2.40. The summed E-state index contributed by atoms with van der Waals surface area (Å²) in [6, 6.07) is 0. The van der Waals surface area contributed by atoms with E-state index in [1.165, 1.54) is 51.4 Å².